The van der Waals surface area contributed by atoms with Crippen molar-refractivity contribution in [1.29, 1.82) is 0 Å². The molecule has 104 valence electrons. The van der Waals surface area contributed by atoms with Gasteiger partial charge in [-0.2, -0.15) is 0 Å². The maximum Gasteiger partial charge on any atom is 0.0512 e. The summed E-state index contributed by atoms with van der Waals surface area (Å²) in [5.41, 5.74) is 1.17. The fraction of sp³-hybridized carbons (Fsp3) is 0.471. The second-order valence-electron chi connectivity index (χ2n) is 4.85. The van der Waals surface area contributed by atoms with E-state index in [-0.39, 0.29) is 6.10 Å². The molecule has 0 spiro atoms. The first-order chi connectivity index (χ1) is 9.29. The van der Waals surface area contributed by atoms with Gasteiger partial charge in [-0.05, 0) is 57.6 Å². The van der Waals surface area contributed by atoms with Gasteiger partial charge in [0.05, 0.1) is 6.10 Å². The van der Waals surface area contributed by atoms with Gasteiger partial charge in [-0.15, -0.1) is 0 Å². The zero-order valence-electron chi connectivity index (χ0n) is 11.8. The lowest BCUT2D eigenvalue weighted by molar-refractivity contribution is 0.182. The summed E-state index contributed by atoms with van der Waals surface area (Å²) in [6.45, 7) is 1.84. The Hall–Kier alpha value is -1.41. The van der Waals surface area contributed by atoms with Crippen LogP contribution in [0.25, 0.3) is 0 Å². The van der Waals surface area contributed by atoms with Crippen LogP contribution < -0.4 is 0 Å². The van der Waals surface area contributed by atoms with Gasteiger partial charge in [-0.25, -0.2) is 0 Å². The van der Waals surface area contributed by atoms with Gasteiger partial charge in [0.1, 0.15) is 0 Å². The molecule has 0 amide bonds. The van der Waals surface area contributed by atoms with Gasteiger partial charge < -0.3 is 5.11 Å². The highest BCUT2D eigenvalue weighted by Crippen LogP contribution is 2.03. The van der Waals surface area contributed by atoms with Crippen molar-refractivity contribution in [2.24, 2.45) is 0 Å². The molecule has 1 aromatic heterocycles. The summed E-state index contributed by atoms with van der Waals surface area (Å²) >= 11 is 0. The van der Waals surface area contributed by atoms with Gasteiger partial charge in [0, 0.05) is 11.9 Å². The van der Waals surface area contributed by atoms with Crippen LogP contribution in [0.2, 0.25) is 0 Å². The van der Waals surface area contributed by atoms with Gasteiger partial charge in [-0.1, -0.05) is 30.4 Å². The summed E-state index contributed by atoms with van der Waals surface area (Å²) in [6.07, 6.45) is 16.5. The van der Waals surface area contributed by atoms with Crippen LogP contribution >= 0.6 is 0 Å². The van der Waals surface area contributed by atoms with Crippen LogP contribution in [0.4, 0.5) is 0 Å². The standard InChI is InChI=1S/C17H25NO/c1-16(19)12-8-6-4-2-3-5-7-9-13-17-14-10-11-15-18-17/h2-5,10-11,14-16,19H,6-9,12-13H2,1H3/b4-2+,5-3+/t16-/m1/s1. The Morgan fingerprint density at radius 2 is 1.89 bits per heavy atom. The lowest BCUT2D eigenvalue weighted by Gasteiger charge is -1.99. The number of aryl methyl sites for hydroxylation is 1. The van der Waals surface area contributed by atoms with Crippen LogP contribution in [-0.2, 0) is 6.42 Å². The largest absolute Gasteiger partial charge is 0.393 e. The van der Waals surface area contributed by atoms with Crippen molar-refractivity contribution < 1.29 is 5.11 Å². The van der Waals surface area contributed by atoms with Crippen molar-refractivity contribution in [2.75, 3.05) is 0 Å². The number of rotatable bonds is 9. The number of unbranched alkanes of at least 4 members (excludes halogenated alkanes) is 2. The number of hydrogen-bond acceptors (Lipinski definition) is 2. The molecule has 0 unspecified atom stereocenters. The molecule has 0 aliphatic heterocycles. The molecule has 1 atom stereocenters. The van der Waals surface area contributed by atoms with E-state index in [0.29, 0.717) is 0 Å². The van der Waals surface area contributed by atoms with E-state index >= 15 is 0 Å². The number of nitrogens with zero attached hydrogens (tertiary/aromatic N) is 1. The minimum Gasteiger partial charge on any atom is -0.393 e. The molecule has 0 aliphatic carbocycles. The zero-order chi connectivity index (χ0) is 13.8. The smallest absolute Gasteiger partial charge is 0.0512 e. The van der Waals surface area contributed by atoms with Crippen molar-refractivity contribution in [3.63, 3.8) is 0 Å². The van der Waals surface area contributed by atoms with E-state index in [4.69, 9.17) is 5.11 Å². The van der Waals surface area contributed by atoms with Gasteiger partial charge in [0.25, 0.3) is 0 Å². The number of aromatic nitrogens is 1. The molecule has 19 heavy (non-hydrogen) atoms. The molecule has 0 aliphatic rings. The number of pyridine rings is 1. The molecule has 0 fully saturated rings. The molecule has 0 aromatic carbocycles. The van der Waals surface area contributed by atoms with Gasteiger partial charge >= 0.3 is 0 Å². The third-order valence-electron chi connectivity index (χ3n) is 2.91. The second-order valence-corrected chi connectivity index (χ2v) is 4.85. The maximum atomic E-state index is 9.10. The minimum atomic E-state index is -0.171. The summed E-state index contributed by atoms with van der Waals surface area (Å²) < 4.78 is 0. The Morgan fingerprint density at radius 3 is 2.53 bits per heavy atom. The third-order valence-corrected chi connectivity index (χ3v) is 2.91. The average Bonchev–Trinajstić information content (AvgIpc) is 2.42. The average molecular weight is 259 g/mol. The molecule has 1 heterocycles. The fourth-order valence-corrected chi connectivity index (χ4v) is 1.83. The van der Waals surface area contributed by atoms with E-state index in [0.717, 1.165) is 38.5 Å². The monoisotopic (exact) mass is 259 g/mol. The SMILES string of the molecule is C[C@@H](O)CCC/C=C/C=C/CCCc1ccccn1. The van der Waals surface area contributed by atoms with E-state index < -0.39 is 0 Å². The molecule has 0 bridgehead atoms. The molecule has 0 radical (unpaired) electrons. The molecule has 1 aromatic rings. The van der Waals surface area contributed by atoms with Crippen molar-refractivity contribution in [1.82, 2.24) is 4.98 Å². The topological polar surface area (TPSA) is 33.1 Å². The first kappa shape index (κ1) is 15.6. The molecule has 2 heteroatoms. The Labute approximate surface area is 116 Å². The number of aliphatic hydroxyl groups is 1. The first-order valence-electron chi connectivity index (χ1n) is 7.18. The summed E-state index contributed by atoms with van der Waals surface area (Å²) in [5, 5.41) is 9.10. The van der Waals surface area contributed by atoms with Crippen LogP contribution in [0.15, 0.2) is 48.7 Å². The predicted octanol–water partition coefficient (Wildman–Crippen LogP) is 4.07. The van der Waals surface area contributed by atoms with Gasteiger partial charge in [-0.3, -0.25) is 4.98 Å². The molecule has 1 N–H and O–H groups in total. The van der Waals surface area contributed by atoms with Crippen molar-refractivity contribution in [3.05, 3.63) is 54.4 Å². The van der Waals surface area contributed by atoms with Crippen LogP contribution in [0, 0.1) is 0 Å². The predicted molar refractivity (Wildman–Crippen MR) is 81.0 cm³/mol. The Morgan fingerprint density at radius 1 is 1.16 bits per heavy atom. The third kappa shape index (κ3) is 9.20. The van der Waals surface area contributed by atoms with Crippen molar-refractivity contribution in [3.8, 4) is 0 Å². The number of allylic oxidation sites excluding steroid dienone is 4. The molecule has 1 rings (SSSR count). The van der Waals surface area contributed by atoms with Crippen molar-refractivity contribution >= 4 is 0 Å². The summed E-state index contributed by atoms with van der Waals surface area (Å²) in [7, 11) is 0. The minimum absolute atomic E-state index is 0.171. The summed E-state index contributed by atoms with van der Waals surface area (Å²) in [6, 6.07) is 6.06. The van der Waals surface area contributed by atoms with Crippen LogP contribution in [0.5, 0.6) is 0 Å². The summed E-state index contributed by atoms with van der Waals surface area (Å²) in [4.78, 5) is 4.30. The van der Waals surface area contributed by atoms with Crippen LogP contribution in [0.1, 0.15) is 44.7 Å². The maximum absolute atomic E-state index is 9.10. The highest BCUT2D eigenvalue weighted by atomic mass is 16.3. The molecule has 0 saturated carbocycles. The second kappa shape index (κ2) is 10.5. The first-order valence-corrected chi connectivity index (χ1v) is 7.18. The lowest BCUT2D eigenvalue weighted by atomic mass is 10.1. The molecular formula is C17H25NO. The van der Waals surface area contributed by atoms with Crippen LogP contribution in [-0.4, -0.2) is 16.2 Å². The zero-order valence-corrected chi connectivity index (χ0v) is 11.8. The van der Waals surface area contributed by atoms with Crippen LogP contribution in [0.3, 0.4) is 0 Å². The quantitative estimate of drug-likeness (QED) is 0.535. The normalized spacial score (nSPS) is 13.4. The Balaban J connectivity index is 2.00. The van der Waals surface area contributed by atoms with E-state index in [2.05, 4.69) is 35.4 Å². The highest BCUT2D eigenvalue weighted by molar-refractivity contribution is 5.05. The Kier molecular flexibility index (Phi) is 8.65. The van der Waals surface area contributed by atoms with E-state index in [1.54, 1.807) is 0 Å². The fourth-order valence-electron chi connectivity index (χ4n) is 1.83. The van der Waals surface area contributed by atoms with Gasteiger partial charge in [0.2, 0.25) is 0 Å². The molecule has 2 nitrogen and oxygen atoms in total. The number of hydrogen-bond donors (Lipinski definition) is 1. The summed E-state index contributed by atoms with van der Waals surface area (Å²) in [5.74, 6) is 0. The van der Waals surface area contributed by atoms with E-state index in [9.17, 15) is 0 Å². The van der Waals surface area contributed by atoms with Gasteiger partial charge in [0.15, 0.2) is 0 Å². The van der Waals surface area contributed by atoms with E-state index in [1.165, 1.54) is 5.69 Å². The number of aliphatic hydroxyl groups excluding tert-OH is 1. The van der Waals surface area contributed by atoms with E-state index in [1.807, 2.05) is 25.3 Å². The lowest BCUT2D eigenvalue weighted by Crippen LogP contribution is -1.97. The molecular weight excluding hydrogens is 234 g/mol. The Bertz CT molecular complexity index is 368. The van der Waals surface area contributed by atoms with Crippen molar-refractivity contribution in [2.45, 2.75) is 51.6 Å². The molecule has 0 saturated heterocycles. The highest BCUT2D eigenvalue weighted by Gasteiger charge is 1.92.